The Morgan fingerprint density at radius 3 is 2.86 bits per heavy atom. The molecule has 28 heavy (non-hydrogen) atoms. The Labute approximate surface area is 169 Å². The molecule has 0 saturated heterocycles. The average Bonchev–Trinajstić information content (AvgIpc) is 3.35. The number of thiazole rings is 1. The predicted molar refractivity (Wildman–Crippen MR) is 113 cm³/mol. The van der Waals surface area contributed by atoms with E-state index in [0.717, 1.165) is 26.4 Å². The maximum atomic E-state index is 12.7. The third-order valence-corrected chi connectivity index (χ3v) is 5.91. The van der Waals surface area contributed by atoms with Gasteiger partial charge < -0.3 is 5.32 Å². The second-order valence-electron chi connectivity index (χ2n) is 6.04. The Balaban J connectivity index is 1.50. The number of rotatable bonds is 5. The smallest absolute Gasteiger partial charge is 0.258 e. The topological polar surface area (TPSA) is 84.0 Å². The molecule has 8 heteroatoms. The van der Waals surface area contributed by atoms with Crippen molar-refractivity contribution in [3.8, 4) is 10.6 Å². The number of nitrogens with zero attached hydrogens (tertiary/aromatic N) is 2. The van der Waals surface area contributed by atoms with E-state index in [4.69, 9.17) is 0 Å². The summed E-state index contributed by atoms with van der Waals surface area (Å²) in [4.78, 5) is 34.6. The zero-order valence-electron chi connectivity index (χ0n) is 14.9. The highest BCUT2D eigenvalue weighted by atomic mass is 32.1. The van der Waals surface area contributed by atoms with Crippen LogP contribution in [-0.4, -0.2) is 21.8 Å². The maximum absolute atomic E-state index is 12.7. The quantitative estimate of drug-likeness (QED) is 0.515. The molecule has 0 saturated carbocycles. The van der Waals surface area contributed by atoms with Gasteiger partial charge in [0.05, 0.1) is 22.6 Å². The highest BCUT2D eigenvalue weighted by molar-refractivity contribution is 7.17. The minimum absolute atomic E-state index is 0.0581. The summed E-state index contributed by atoms with van der Waals surface area (Å²) < 4.78 is 0. The van der Waals surface area contributed by atoms with Gasteiger partial charge in [-0.05, 0) is 30.3 Å². The van der Waals surface area contributed by atoms with Crippen molar-refractivity contribution in [2.75, 3.05) is 5.32 Å². The van der Waals surface area contributed by atoms with Crippen molar-refractivity contribution >= 4 is 50.5 Å². The molecule has 2 amide bonds. The number of nitrogens with one attached hydrogen (secondary N) is 2. The number of amides is 2. The minimum atomic E-state index is -0.211. The number of carbonyl (C=O) groups excluding carboxylic acids is 2. The number of fused-ring (bicyclic) bond motifs is 1. The number of hydrogen-bond donors (Lipinski definition) is 2. The molecule has 3 heterocycles. The van der Waals surface area contributed by atoms with Gasteiger partial charge >= 0.3 is 0 Å². The molecule has 0 unspecified atom stereocenters. The van der Waals surface area contributed by atoms with Crippen molar-refractivity contribution in [2.45, 2.75) is 13.5 Å². The van der Waals surface area contributed by atoms with Crippen molar-refractivity contribution < 1.29 is 9.59 Å². The van der Waals surface area contributed by atoms with E-state index in [0.29, 0.717) is 17.2 Å². The van der Waals surface area contributed by atoms with E-state index in [9.17, 15) is 9.59 Å². The van der Waals surface area contributed by atoms with Gasteiger partial charge in [-0.3, -0.25) is 19.9 Å². The van der Waals surface area contributed by atoms with E-state index < -0.39 is 0 Å². The van der Waals surface area contributed by atoms with Gasteiger partial charge in [-0.1, -0.05) is 12.1 Å². The fraction of sp³-hybridized carbons (Fsp3) is 0.100. The summed E-state index contributed by atoms with van der Waals surface area (Å²) in [5, 5.41) is 8.91. The Hall–Kier alpha value is -3.10. The van der Waals surface area contributed by atoms with E-state index >= 15 is 0 Å². The molecule has 0 bridgehead atoms. The van der Waals surface area contributed by atoms with Crippen molar-refractivity contribution in [1.29, 1.82) is 0 Å². The largest absolute Gasteiger partial charge is 0.351 e. The standard InChI is InChI=1S/C20H16N4O2S2/c1-12(25)22-10-13-7-8-18(28-13)17-11-27-20(23-17)24-19(26)15-4-2-6-16-14(15)5-3-9-21-16/h2-9,11H,10H2,1H3,(H,22,25)(H,23,24,26). The highest BCUT2D eigenvalue weighted by Gasteiger charge is 2.14. The van der Waals surface area contributed by atoms with Crippen LogP contribution in [0.5, 0.6) is 0 Å². The lowest BCUT2D eigenvalue weighted by atomic mass is 10.1. The molecule has 140 valence electrons. The van der Waals surface area contributed by atoms with Gasteiger partial charge in [0.15, 0.2) is 5.13 Å². The summed E-state index contributed by atoms with van der Waals surface area (Å²) in [7, 11) is 0. The number of aromatic nitrogens is 2. The van der Waals surface area contributed by atoms with Gasteiger partial charge in [0.25, 0.3) is 5.91 Å². The highest BCUT2D eigenvalue weighted by Crippen LogP contribution is 2.31. The average molecular weight is 409 g/mol. The predicted octanol–water partition coefficient (Wildman–Crippen LogP) is 4.31. The van der Waals surface area contributed by atoms with Crippen molar-refractivity contribution in [3.05, 3.63) is 64.5 Å². The van der Waals surface area contributed by atoms with E-state index in [2.05, 4.69) is 20.6 Å². The molecule has 0 aliphatic carbocycles. The number of anilines is 1. The summed E-state index contributed by atoms with van der Waals surface area (Å²) in [5.74, 6) is -0.269. The van der Waals surface area contributed by atoms with E-state index in [-0.39, 0.29) is 11.8 Å². The number of carbonyl (C=O) groups is 2. The third-order valence-electron chi connectivity index (χ3n) is 4.04. The molecule has 0 aliphatic rings. The van der Waals surface area contributed by atoms with Gasteiger partial charge in [-0.2, -0.15) is 0 Å². The molecule has 4 aromatic rings. The maximum Gasteiger partial charge on any atom is 0.258 e. The van der Waals surface area contributed by atoms with E-state index in [1.165, 1.54) is 18.3 Å². The second kappa shape index (κ2) is 7.87. The lowest BCUT2D eigenvalue weighted by Crippen LogP contribution is -2.17. The van der Waals surface area contributed by atoms with Crippen molar-refractivity contribution in [3.63, 3.8) is 0 Å². The summed E-state index contributed by atoms with van der Waals surface area (Å²) in [5.41, 5.74) is 2.15. The number of thiophene rings is 1. The van der Waals surface area contributed by atoms with Crippen LogP contribution in [0.15, 0.2) is 54.0 Å². The zero-order chi connectivity index (χ0) is 19.5. The lowest BCUT2D eigenvalue weighted by molar-refractivity contribution is -0.119. The first kappa shape index (κ1) is 18.3. The molecule has 4 rings (SSSR count). The molecular formula is C20H16N4O2S2. The molecule has 3 aromatic heterocycles. The van der Waals surface area contributed by atoms with Crippen LogP contribution in [0.1, 0.15) is 22.2 Å². The molecule has 2 N–H and O–H groups in total. The van der Waals surface area contributed by atoms with Crippen LogP contribution in [0.25, 0.3) is 21.5 Å². The van der Waals surface area contributed by atoms with E-state index in [1.54, 1.807) is 23.6 Å². The van der Waals surface area contributed by atoms with Gasteiger partial charge in [0.2, 0.25) is 5.91 Å². The fourth-order valence-corrected chi connectivity index (χ4v) is 4.42. The van der Waals surface area contributed by atoms with Crippen molar-refractivity contribution in [1.82, 2.24) is 15.3 Å². The Morgan fingerprint density at radius 2 is 2.00 bits per heavy atom. The monoisotopic (exact) mass is 408 g/mol. The van der Waals surface area contributed by atoms with Gasteiger partial charge in [-0.25, -0.2) is 4.98 Å². The summed E-state index contributed by atoms with van der Waals surface area (Å²) >= 11 is 2.95. The molecular weight excluding hydrogens is 392 g/mol. The van der Waals surface area contributed by atoms with Crippen LogP contribution in [-0.2, 0) is 11.3 Å². The van der Waals surface area contributed by atoms with Gasteiger partial charge in [0, 0.05) is 34.3 Å². The minimum Gasteiger partial charge on any atom is -0.351 e. The molecule has 0 atom stereocenters. The van der Waals surface area contributed by atoms with Crippen LogP contribution in [0.2, 0.25) is 0 Å². The fourth-order valence-electron chi connectivity index (χ4n) is 2.73. The zero-order valence-corrected chi connectivity index (χ0v) is 16.6. The molecule has 0 radical (unpaired) electrons. The summed E-state index contributed by atoms with van der Waals surface area (Å²) in [6.07, 6.45) is 1.71. The molecule has 0 aliphatic heterocycles. The third kappa shape index (κ3) is 3.92. The van der Waals surface area contributed by atoms with Crippen LogP contribution in [0, 0.1) is 0 Å². The molecule has 1 aromatic carbocycles. The van der Waals surface area contributed by atoms with Gasteiger partial charge in [-0.15, -0.1) is 22.7 Å². The number of pyridine rings is 1. The first-order valence-electron chi connectivity index (χ1n) is 8.54. The Bertz CT molecular complexity index is 1160. The van der Waals surface area contributed by atoms with Crippen LogP contribution >= 0.6 is 22.7 Å². The van der Waals surface area contributed by atoms with Crippen molar-refractivity contribution in [2.24, 2.45) is 0 Å². The molecule has 0 spiro atoms. The number of hydrogen-bond acceptors (Lipinski definition) is 6. The van der Waals surface area contributed by atoms with E-state index in [1.807, 2.05) is 41.8 Å². The Morgan fingerprint density at radius 1 is 1.11 bits per heavy atom. The summed E-state index contributed by atoms with van der Waals surface area (Å²) in [6, 6.07) is 13.1. The second-order valence-corrected chi connectivity index (χ2v) is 8.07. The summed E-state index contributed by atoms with van der Waals surface area (Å²) in [6.45, 7) is 2.00. The molecule has 0 fully saturated rings. The first-order chi connectivity index (χ1) is 13.6. The lowest BCUT2D eigenvalue weighted by Gasteiger charge is -2.05. The van der Waals surface area contributed by atoms with Gasteiger partial charge in [0.1, 0.15) is 0 Å². The first-order valence-corrected chi connectivity index (χ1v) is 10.2. The Kier molecular flexibility index (Phi) is 5.14. The van der Waals surface area contributed by atoms with Crippen LogP contribution in [0.4, 0.5) is 5.13 Å². The SMILES string of the molecule is CC(=O)NCc1ccc(-c2csc(NC(=O)c3cccc4ncccc34)n2)s1. The van der Waals surface area contributed by atoms with Crippen LogP contribution in [0.3, 0.4) is 0 Å². The molecule has 6 nitrogen and oxygen atoms in total. The normalized spacial score (nSPS) is 10.8. The number of benzene rings is 1. The van der Waals surface area contributed by atoms with Crippen LogP contribution < -0.4 is 10.6 Å².